The molecule has 0 aliphatic heterocycles. The Balaban J connectivity index is 2.76. The van der Waals surface area contributed by atoms with Gasteiger partial charge in [-0.1, -0.05) is 19.1 Å². The van der Waals surface area contributed by atoms with Gasteiger partial charge in [0, 0.05) is 12.1 Å². The SMILES string of the molecule is CCNCc1cccc(OC)c1OCCC(F)(F)F. The normalized spacial score (nSPS) is 11.4. The average molecular weight is 277 g/mol. The second-order valence-corrected chi connectivity index (χ2v) is 3.94. The van der Waals surface area contributed by atoms with Crippen LogP contribution in [0.25, 0.3) is 0 Å². The summed E-state index contributed by atoms with van der Waals surface area (Å²) in [7, 11) is 1.46. The zero-order chi connectivity index (χ0) is 14.3. The molecule has 6 heteroatoms. The van der Waals surface area contributed by atoms with Gasteiger partial charge in [0.25, 0.3) is 0 Å². The zero-order valence-corrected chi connectivity index (χ0v) is 11.0. The van der Waals surface area contributed by atoms with Gasteiger partial charge in [-0.05, 0) is 12.6 Å². The first-order valence-corrected chi connectivity index (χ1v) is 6.04. The van der Waals surface area contributed by atoms with E-state index >= 15 is 0 Å². The van der Waals surface area contributed by atoms with Crippen LogP contribution in [-0.2, 0) is 6.54 Å². The first-order chi connectivity index (χ1) is 8.98. The number of hydrogen-bond donors (Lipinski definition) is 1. The summed E-state index contributed by atoms with van der Waals surface area (Å²) < 4.78 is 46.7. The van der Waals surface area contributed by atoms with Crippen molar-refractivity contribution in [3.8, 4) is 11.5 Å². The average Bonchev–Trinajstić information content (AvgIpc) is 2.35. The van der Waals surface area contributed by atoms with E-state index in [9.17, 15) is 13.2 Å². The molecule has 0 heterocycles. The summed E-state index contributed by atoms with van der Waals surface area (Å²) in [5, 5.41) is 3.11. The van der Waals surface area contributed by atoms with Gasteiger partial charge in [0.1, 0.15) is 0 Å². The van der Waals surface area contributed by atoms with E-state index in [0.29, 0.717) is 18.0 Å². The number of methoxy groups -OCH3 is 1. The molecule has 0 aliphatic rings. The maximum Gasteiger partial charge on any atom is 0.392 e. The van der Waals surface area contributed by atoms with Crippen LogP contribution < -0.4 is 14.8 Å². The van der Waals surface area contributed by atoms with Gasteiger partial charge in [0.2, 0.25) is 0 Å². The summed E-state index contributed by atoms with van der Waals surface area (Å²) >= 11 is 0. The maximum atomic E-state index is 12.1. The fraction of sp³-hybridized carbons (Fsp3) is 0.538. The predicted molar refractivity (Wildman–Crippen MR) is 66.5 cm³/mol. The van der Waals surface area contributed by atoms with Crippen LogP contribution in [0, 0.1) is 0 Å². The third kappa shape index (κ3) is 5.38. The molecule has 108 valence electrons. The number of nitrogens with one attached hydrogen (secondary N) is 1. The second-order valence-electron chi connectivity index (χ2n) is 3.94. The third-order valence-electron chi connectivity index (χ3n) is 2.48. The van der Waals surface area contributed by atoms with E-state index in [1.807, 2.05) is 6.92 Å². The number of ether oxygens (including phenoxy) is 2. The lowest BCUT2D eigenvalue weighted by molar-refractivity contribution is -0.139. The summed E-state index contributed by atoms with van der Waals surface area (Å²) in [6, 6.07) is 5.24. The van der Waals surface area contributed by atoms with E-state index in [1.165, 1.54) is 7.11 Å². The van der Waals surface area contributed by atoms with Crippen LogP contribution in [0.4, 0.5) is 13.2 Å². The maximum absolute atomic E-state index is 12.1. The Morgan fingerprint density at radius 2 is 2.00 bits per heavy atom. The molecule has 0 saturated heterocycles. The zero-order valence-electron chi connectivity index (χ0n) is 11.0. The number of benzene rings is 1. The molecule has 0 spiro atoms. The lowest BCUT2D eigenvalue weighted by atomic mass is 10.2. The Labute approximate surface area is 110 Å². The molecule has 19 heavy (non-hydrogen) atoms. The van der Waals surface area contributed by atoms with E-state index in [0.717, 1.165) is 12.1 Å². The van der Waals surface area contributed by atoms with Crippen molar-refractivity contribution in [3.05, 3.63) is 23.8 Å². The fourth-order valence-electron chi connectivity index (χ4n) is 1.55. The lowest BCUT2D eigenvalue weighted by Gasteiger charge is -2.16. The minimum Gasteiger partial charge on any atom is -0.493 e. The van der Waals surface area contributed by atoms with Crippen molar-refractivity contribution >= 4 is 0 Å². The first kappa shape index (κ1) is 15.6. The van der Waals surface area contributed by atoms with E-state index in [1.54, 1.807) is 18.2 Å². The molecule has 0 aliphatic carbocycles. The summed E-state index contributed by atoms with van der Waals surface area (Å²) in [6.45, 7) is 2.82. The van der Waals surface area contributed by atoms with Crippen LogP contribution in [-0.4, -0.2) is 26.4 Å². The Morgan fingerprint density at radius 1 is 1.26 bits per heavy atom. The van der Waals surface area contributed by atoms with E-state index < -0.39 is 19.2 Å². The highest BCUT2D eigenvalue weighted by Crippen LogP contribution is 2.32. The number of alkyl halides is 3. The number of rotatable bonds is 7. The fourth-order valence-corrected chi connectivity index (χ4v) is 1.55. The standard InChI is InChI=1S/C13H18F3NO2/c1-3-17-9-10-5-4-6-11(18-2)12(10)19-8-7-13(14,15)16/h4-6,17H,3,7-9H2,1-2H3. The molecule has 1 N–H and O–H groups in total. The molecule has 0 unspecified atom stereocenters. The summed E-state index contributed by atoms with van der Waals surface area (Å²) in [4.78, 5) is 0. The topological polar surface area (TPSA) is 30.5 Å². The number of para-hydroxylation sites is 1. The van der Waals surface area contributed by atoms with Crippen molar-refractivity contribution in [2.75, 3.05) is 20.3 Å². The predicted octanol–water partition coefficient (Wildman–Crippen LogP) is 3.14. The van der Waals surface area contributed by atoms with Crippen molar-refractivity contribution in [3.63, 3.8) is 0 Å². The van der Waals surface area contributed by atoms with E-state index in [2.05, 4.69) is 5.32 Å². The Kier molecular flexibility index (Phi) is 5.95. The van der Waals surface area contributed by atoms with Crippen LogP contribution >= 0.6 is 0 Å². The van der Waals surface area contributed by atoms with Gasteiger partial charge in [-0.3, -0.25) is 0 Å². The van der Waals surface area contributed by atoms with Crippen LogP contribution in [0.3, 0.4) is 0 Å². The Bertz CT molecular complexity index is 394. The van der Waals surface area contributed by atoms with Crippen LogP contribution in [0.1, 0.15) is 18.9 Å². The van der Waals surface area contributed by atoms with Gasteiger partial charge in [-0.2, -0.15) is 13.2 Å². The molecule has 0 radical (unpaired) electrons. The molecular formula is C13H18F3NO2. The molecule has 0 fully saturated rings. The second kappa shape index (κ2) is 7.23. The number of halogens is 3. The van der Waals surface area contributed by atoms with Crippen LogP contribution in [0.5, 0.6) is 11.5 Å². The van der Waals surface area contributed by atoms with Crippen molar-refractivity contribution < 1.29 is 22.6 Å². The molecule has 0 atom stereocenters. The minimum absolute atomic E-state index is 0.371. The molecule has 0 bridgehead atoms. The number of hydrogen-bond acceptors (Lipinski definition) is 3. The van der Waals surface area contributed by atoms with E-state index in [-0.39, 0.29) is 0 Å². The molecule has 0 amide bonds. The third-order valence-corrected chi connectivity index (χ3v) is 2.48. The van der Waals surface area contributed by atoms with E-state index in [4.69, 9.17) is 9.47 Å². The minimum atomic E-state index is -4.22. The Morgan fingerprint density at radius 3 is 2.58 bits per heavy atom. The summed E-state index contributed by atoms with van der Waals surface area (Å²) in [6.07, 6.45) is -5.20. The first-order valence-electron chi connectivity index (χ1n) is 6.04. The summed E-state index contributed by atoms with van der Waals surface area (Å²) in [5.74, 6) is 0.813. The van der Waals surface area contributed by atoms with Crippen LogP contribution in [0.15, 0.2) is 18.2 Å². The van der Waals surface area contributed by atoms with Crippen molar-refractivity contribution in [1.82, 2.24) is 5.32 Å². The van der Waals surface area contributed by atoms with Gasteiger partial charge in [0.05, 0.1) is 20.1 Å². The van der Waals surface area contributed by atoms with Gasteiger partial charge >= 0.3 is 6.18 Å². The van der Waals surface area contributed by atoms with Crippen molar-refractivity contribution in [1.29, 1.82) is 0 Å². The molecule has 1 aromatic carbocycles. The molecule has 0 aromatic heterocycles. The molecular weight excluding hydrogens is 259 g/mol. The molecule has 1 rings (SSSR count). The van der Waals surface area contributed by atoms with Gasteiger partial charge in [-0.25, -0.2) is 0 Å². The highest BCUT2D eigenvalue weighted by atomic mass is 19.4. The molecule has 1 aromatic rings. The highest BCUT2D eigenvalue weighted by molar-refractivity contribution is 5.46. The molecule has 3 nitrogen and oxygen atoms in total. The largest absolute Gasteiger partial charge is 0.493 e. The Hall–Kier alpha value is -1.43. The van der Waals surface area contributed by atoms with Crippen molar-refractivity contribution in [2.45, 2.75) is 26.1 Å². The van der Waals surface area contributed by atoms with Gasteiger partial charge in [0.15, 0.2) is 11.5 Å². The molecule has 0 saturated carbocycles. The summed E-state index contributed by atoms with van der Waals surface area (Å²) in [5.41, 5.74) is 0.781. The quantitative estimate of drug-likeness (QED) is 0.830. The van der Waals surface area contributed by atoms with Crippen LogP contribution in [0.2, 0.25) is 0 Å². The lowest BCUT2D eigenvalue weighted by Crippen LogP contribution is -2.16. The van der Waals surface area contributed by atoms with Crippen molar-refractivity contribution in [2.24, 2.45) is 0 Å². The van der Waals surface area contributed by atoms with Gasteiger partial charge < -0.3 is 14.8 Å². The smallest absolute Gasteiger partial charge is 0.392 e. The highest BCUT2D eigenvalue weighted by Gasteiger charge is 2.27. The monoisotopic (exact) mass is 277 g/mol. The van der Waals surface area contributed by atoms with Gasteiger partial charge in [-0.15, -0.1) is 0 Å².